The van der Waals surface area contributed by atoms with Gasteiger partial charge in [-0.1, -0.05) is 30.3 Å². The van der Waals surface area contributed by atoms with E-state index in [2.05, 4.69) is 10.3 Å². The van der Waals surface area contributed by atoms with Gasteiger partial charge in [0.2, 0.25) is 5.91 Å². The van der Waals surface area contributed by atoms with E-state index in [0.29, 0.717) is 24.8 Å². The van der Waals surface area contributed by atoms with Crippen molar-refractivity contribution in [1.82, 2.24) is 15.2 Å². The number of piperidine rings is 1. The third-order valence-electron chi connectivity index (χ3n) is 4.75. The topological polar surface area (TPSA) is 62.3 Å². The summed E-state index contributed by atoms with van der Waals surface area (Å²) in [7, 11) is 0. The minimum absolute atomic E-state index is 0.0673. The molecule has 1 atom stereocenters. The molecule has 4 rings (SSSR count). The number of aromatic nitrogens is 1. The summed E-state index contributed by atoms with van der Waals surface area (Å²) in [6.45, 7) is 1.19. The van der Waals surface area contributed by atoms with Crippen LogP contribution in [0.15, 0.2) is 35.7 Å². The molecular formula is C19H21N3O2S. The largest absolute Gasteiger partial charge is 0.353 e. The van der Waals surface area contributed by atoms with Crippen molar-refractivity contribution in [2.45, 2.75) is 31.7 Å². The molecule has 1 saturated carbocycles. The summed E-state index contributed by atoms with van der Waals surface area (Å²) in [5, 5.41) is 5.73. The van der Waals surface area contributed by atoms with Gasteiger partial charge < -0.3 is 10.2 Å². The molecule has 2 fully saturated rings. The molecule has 1 aromatic heterocycles. The molecule has 0 spiro atoms. The lowest BCUT2D eigenvalue weighted by molar-refractivity contribution is -0.126. The molecule has 2 heterocycles. The van der Waals surface area contributed by atoms with Gasteiger partial charge in [0.25, 0.3) is 5.91 Å². The van der Waals surface area contributed by atoms with Gasteiger partial charge in [0, 0.05) is 30.1 Å². The predicted molar refractivity (Wildman–Crippen MR) is 97.3 cm³/mol. The first-order chi connectivity index (χ1) is 12.2. The Morgan fingerprint density at radius 2 is 1.96 bits per heavy atom. The number of benzene rings is 1. The van der Waals surface area contributed by atoms with E-state index in [0.717, 1.165) is 36.3 Å². The van der Waals surface area contributed by atoms with E-state index >= 15 is 0 Å². The first-order valence-corrected chi connectivity index (χ1v) is 9.69. The molecule has 1 N–H and O–H groups in total. The fourth-order valence-electron chi connectivity index (χ4n) is 3.17. The molecule has 2 aromatic rings. The zero-order chi connectivity index (χ0) is 17.2. The quantitative estimate of drug-likeness (QED) is 0.917. The normalized spacial score (nSPS) is 20.3. The lowest BCUT2D eigenvalue weighted by Gasteiger charge is -2.31. The maximum absolute atomic E-state index is 12.8. The van der Waals surface area contributed by atoms with Gasteiger partial charge in [-0.05, 0) is 25.7 Å². The molecule has 1 saturated heterocycles. The van der Waals surface area contributed by atoms with E-state index in [-0.39, 0.29) is 17.7 Å². The van der Waals surface area contributed by atoms with Crippen LogP contribution in [0, 0.1) is 5.92 Å². The van der Waals surface area contributed by atoms with Crippen molar-refractivity contribution in [3.63, 3.8) is 0 Å². The third kappa shape index (κ3) is 3.74. The van der Waals surface area contributed by atoms with Crippen LogP contribution in [0.2, 0.25) is 0 Å². The Balaban J connectivity index is 1.43. The van der Waals surface area contributed by atoms with E-state index in [4.69, 9.17) is 0 Å². The predicted octanol–water partition coefficient (Wildman–Crippen LogP) is 2.94. The summed E-state index contributed by atoms with van der Waals surface area (Å²) in [6, 6.07) is 10.2. The van der Waals surface area contributed by atoms with Crippen molar-refractivity contribution in [1.29, 1.82) is 0 Å². The smallest absolute Gasteiger partial charge is 0.273 e. The van der Waals surface area contributed by atoms with Crippen LogP contribution in [0.5, 0.6) is 0 Å². The number of amides is 2. The molecule has 2 aliphatic rings. The van der Waals surface area contributed by atoms with Gasteiger partial charge in [-0.2, -0.15) is 0 Å². The third-order valence-corrected chi connectivity index (χ3v) is 5.64. The number of nitrogens with one attached hydrogen (secondary N) is 1. The highest BCUT2D eigenvalue weighted by molar-refractivity contribution is 7.13. The minimum atomic E-state index is -0.0921. The van der Waals surface area contributed by atoms with Crippen molar-refractivity contribution in [2.75, 3.05) is 13.1 Å². The molecule has 1 aliphatic heterocycles. The second-order valence-corrected chi connectivity index (χ2v) is 7.64. The number of carbonyl (C=O) groups is 2. The highest BCUT2D eigenvalue weighted by atomic mass is 32.1. The lowest BCUT2D eigenvalue weighted by atomic mass is 9.97. The van der Waals surface area contributed by atoms with Crippen LogP contribution < -0.4 is 5.32 Å². The van der Waals surface area contributed by atoms with Gasteiger partial charge >= 0.3 is 0 Å². The van der Waals surface area contributed by atoms with Gasteiger partial charge in [-0.3, -0.25) is 9.59 Å². The Kier molecular flexibility index (Phi) is 4.53. The maximum atomic E-state index is 12.8. The molecule has 5 nitrogen and oxygen atoms in total. The highest BCUT2D eigenvalue weighted by Crippen LogP contribution is 2.26. The van der Waals surface area contributed by atoms with Gasteiger partial charge in [0.1, 0.15) is 10.7 Å². The van der Waals surface area contributed by atoms with Crippen molar-refractivity contribution < 1.29 is 9.59 Å². The summed E-state index contributed by atoms with van der Waals surface area (Å²) >= 11 is 1.48. The Morgan fingerprint density at radius 3 is 2.72 bits per heavy atom. The number of carbonyl (C=O) groups excluding carboxylic acids is 2. The molecule has 0 unspecified atom stereocenters. The van der Waals surface area contributed by atoms with Crippen LogP contribution in [0.1, 0.15) is 36.2 Å². The molecule has 130 valence electrons. The Hall–Kier alpha value is -2.21. The van der Waals surface area contributed by atoms with Crippen molar-refractivity contribution >= 4 is 23.2 Å². The second kappa shape index (κ2) is 6.96. The second-order valence-electron chi connectivity index (χ2n) is 6.78. The Morgan fingerprint density at radius 1 is 1.16 bits per heavy atom. The fraction of sp³-hybridized carbons (Fsp3) is 0.421. The van der Waals surface area contributed by atoms with Crippen LogP contribution in [-0.2, 0) is 4.79 Å². The summed E-state index contributed by atoms with van der Waals surface area (Å²) in [5.74, 6) is -0.0591. The summed E-state index contributed by atoms with van der Waals surface area (Å²) in [5.41, 5.74) is 1.50. The van der Waals surface area contributed by atoms with Crippen LogP contribution in [-0.4, -0.2) is 40.8 Å². The number of hydrogen-bond donors (Lipinski definition) is 1. The van der Waals surface area contributed by atoms with Crippen molar-refractivity contribution in [3.8, 4) is 10.6 Å². The SMILES string of the molecule is O=C(NC1CC1)[C@H]1CCCN(C(=O)c2csc(-c3ccccc3)n2)C1. The zero-order valence-electron chi connectivity index (χ0n) is 14.0. The zero-order valence-corrected chi connectivity index (χ0v) is 14.8. The average Bonchev–Trinajstić information content (AvgIpc) is 3.34. The first-order valence-electron chi connectivity index (χ1n) is 8.81. The molecule has 2 amide bonds. The van der Waals surface area contributed by atoms with E-state index < -0.39 is 0 Å². The van der Waals surface area contributed by atoms with Gasteiger partial charge in [-0.15, -0.1) is 11.3 Å². The van der Waals surface area contributed by atoms with Gasteiger partial charge in [0.05, 0.1) is 5.92 Å². The van der Waals surface area contributed by atoms with Crippen LogP contribution in [0.25, 0.3) is 10.6 Å². The van der Waals surface area contributed by atoms with Gasteiger partial charge in [0.15, 0.2) is 0 Å². The van der Waals surface area contributed by atoms with E-state index in [9.17, 15) is 9.59 Å². The molecule has 1 aliphatic carbocycles. The Bertz CT molecular complexity index is 770. The van der Waals surface area contributed by atoms with Crippen molar-refractivity contribution in [3.05, 3.63) is 41.4 Å². The summed E-state index contributed by atoms with van der Waals surface area (Å²) < 4.78 is 0. The first kappa shape index (κ1) is 16.3. The molecule has 25 heavy (non-hydrogen) atoms. The number of likely N-dealkylation sites (tertiary alicyclic amines) is 1. The number of nitrogens with zero attached hydrogens (tertiary/aromatic N) is 2. The van der Waals surface area contributed by atoms with Crippen LogP contribution >= 0.6 is 11.3 Å². The number of rotatable bonds is 4. The molecule has 0 bridgehead atoms. The summed E-state index contributed by atoms with van der Waals surface area (Å²) in [6.07, 6.45) is 3.89. The van der Waals surface area contributed by atoms with Crippen molar-refractivity contribution in [2.24, 2.45) is 5.92 Å². The standard InChI is InChI=1S/C19H21N3O2S/c23-17(20-15-8-9-15)14-7-4-10-22(11-14)19(24)16-12-25-18(21-16)13-5-2-1-3-6-13/h1-3,5-6,12,14-15H,4,7-11H2,(H,20,23)/t14-/m0/s1. The van der Waals surface area contributed by atoms with Crippen LogP contribution in [0.4, 0.5) is 0 Å². The van der Waals surface area contributed by atoms with Crippen LogP contribution in [0.3, 0.4) is 0 Å². The van der Waals surface area contributed by atoms with Gasteiger partial charge in [-0.25, -0.2) is 4.98 Å². The summed E-state index contributed by atoms with van der Waals surface area (Å²) in [4.78, 5) is 31.4. The fourth-order valence-corrected chi connectivity index (χ4v) is 3.97. The molecule has 0 radical (unpaired) electrons. The lowest BCUT2D eigenvalue weighted by Crippen LogP contribution is -2.46. The monoisotopic (exact) mass is 355 g/mol. The minimum Gasteiger partial charge on any atom is -0.353 e. The van der Waals surface area contributed by atoms with E-state index in [1.165, 1.54) is 11.3 Å². The molecule has 1 aromatic carbocycles. The number of thiazole rings is 1. The molecule has 6 heteroatoms. The highest BCUT2D eigenvalue weighted by Gasteiger charge is 2.32. The van der Waals surface area contributed by atoms with E-state index in [1.807, 2.05) is 35.7 Å². The maximum Gasteiger partial charge on any atom is 0.273 e. The van der Waals surface area contributed by atoms with E-state index in [1.54, 1.807) is 4.90 Å². The molecular weight excluding hydrogens is 334 g/mol. The average molecular weight is 355 g/mol. The number of hydrogen-bond acceptors (Lipinski definition) is 4. The Labute approximate surface area is 151 Å².